The minimum atomic E-state index is 0.512. The van der Waals surface area contributed by atoms with Crippen molar-refractivity contribution in [2.45, 2.75) is 13.3 Å². The van der Waals surface area contributed by atoms with Crippen molar-refractivity contribution >= 4 is 0 Å². The van der Waals surface area contributed by atoms with Crippen LogP contribution in [0.1, 0.15) is 13.3 Å². The number of ether oxygens (including phenoxy) is 1. The minimum Gasteiger partial charge on any atom is -0.381 e. The molecule has 1 heterocycles. The fourth-order valence-corrected chi connectivity index (χ4v) is 1.58. The summed E-state index contributed by atoms with van der Waals surface area (Å²) in [5, 5.41) is 0. The van der Waals surface area contributed by atoms with Crippen LogP contribution in [0.2, 0.25) is 0 Å². The number of hydrogen-bond donors (Lipinski definition) is 0. The predicted molar refractivity (Wildman–Crippen MR) is 36.2 cm³/mol. The first-order valence-electron chi connectivity index (χ1n) is 3.58. The highest BCUT2D eigenvalue weighted by molar-refractivity contribution is 5.17. The molecule has 1 fully saturated rings. The molecule has 0 spiro atoms. The Balaban J connectivity index is 2.16. The van der Waals surface area contributed by atoms with Crippen LogP contribution in [0.4, 0.5) is 0 Å². The maximum atomic E-state index is 5.32. The third-order valence-electron chi connectivity index (χ3n) is 2.64. The van der Waals surface area contributed by atoms with Crippen LogP contribution >= 0.6 is 0 Å². The van der Waals surface area contributed by atoms with E-state index in [1.165, 1.54) is 6.42 Å². The van der Waals surface area contributed by atoms with Crippen molar-refractivity contribution in [3.8, 4) is 0 Å². The lowest BCUT2D eigenvalue weighted by molar-refractivity contribution is -0.00372. The van der Waals surface area contributed by atoms with E-state index < -0.39 is 0 Å². The molecule has 0 amide bonds. The Morgan fingerprint density at radius 2 is 2.56 bits per heavy atom. The fraction of sp³-hybridized carbons (Fsp3) is 0.750. The van der Waals surface area contributed by atoms with Gasteiger partial charge in [-0.15, -0.1) is 0 Å². The molecule has 2 atom stereocenters. The molecule has 1 unspecified atom stereocenters. The molecule has 1 heteroatoms. The van der Waals surface area contributed by atoms with E-state index in [1.807, 2.05) is 0 Å². The van der Waals surface area contributed by atoms with Gasteiger partial charge < -0.3 is 4.74 Å². The summed E-state index contributed by atoms with van der Waals surface area (Å²) in [5.74, 6) is 0.728. The van der Waals surface area contributed by atoms with Crippen molar-refractivity contribution in [2.75, 3.05) is 13.2 Å². The number of rotatable bonds is 0. The quantitative estimate of drug-likeness (QED) is 0.446. The third kappa shape index (κ3) is 0.645. The molecule has 50 valence electrons. The molecule has 0 N–H and O–H groups in total. The van der Waals surface area contributed by atoms with Gasteiger partial charge >= 0.3 is 0 Å². The average Bonchev–Trinajstić information content (AvgIpc) is 1.82. The van der Waals surface area contributed by atoms with Gasteiger partial charge in [-0.2, -0.15) is 0 Å². The summed E-state index contributed by atoms with van der Waals surface area (Å²) in [7, 11) is 0. The molecule has 9 heavy (non-hydrogen) atoms. The monoisotopic (exact) mass is 124 g/mol. The van der Waals surface area contributed by atoms with Crippen molar-refractivity contribution in [3.05, 3.63) is 12.2 Å². The van der Waals surface area contributed by atoms with Gasteiger partial charge in [-0.3, -0.25) is 0 Å². The van der Waals surface area contributed by atoms with Gasteiger partial charge in [-0.05, 0) is 11.8 Å². The maximum absolute atomic E-state index is 5.32. The summed E-state index contributed by atoms with van der Waals surface area (Å²) in [4.78, 5) is 0. The molecule has 1 saturated heterocycles. The van der Waals surface area contributed by atoms with Gasteiger partial charge in [0.25, 0.3) is 0 Å². The van der Waals surface area contributed by atoms with Crippen molar-refractivity contribution in [2.24, 2.45) is 11.3 Å². The molecule has 0 radical (unpaired) electrons. The molecule has 0 aromatic heterocycles. The van der Waals surface area contributed by atoms with E-state index in [-0.39, 0.29) is 0 Å². The maximum Gasteiger partial charge on any atom is 0.0537 e. The normalized spacial score (nSPS) is 47.9. The van der Waals surface area contributed by atoms with Gasteiger partial charge in [0.1, 0.15) is 0 Å². The van der Waals surface area contributed by atoms with Crippen LogP contribution in [0.25, 0.3) is 0 Å². The summed E-state index contributed by atoms with van der Waals surface area (Å²) in [6.07, 6.45) is 5.80. The lowest BCUT2D eigenvalue weighted by atomic mass is 9.66. The zero-order chi connectivity index (χ0) is 6.32. The number of hydrogen-bond acceptors (Lipinski definition) is 1. The zero-order valence-corrected chi connectivity index (χ0v) is 5.76. The zero-order valence-electron chi connectivity index (χ0n) is 5.76. The Bertz CT molecular complexity index is 151. The first-order chi connectivity index (χ1) is 4.31. The van der Waals surface area contributed by atoms with Crippen LogP contribution in [0.3, 0.4) is 0 Å². The van der Waals surface area contributed by atoms with Gasteiger partial charge in [0.2, 0.25) is 0 Å². The second kappa shape index (κ2) is 1.60. The van der Waals surface area contributed by atoms with Crippen LogP contribution in [-0.4, -0.2) is 13.2 Å². The van der Waals surface area contributed by atoms with E-state index >= 15 is 0 Å². The Morgan fingerprint density at radius 3 is 2.89 bits per heavy atom. The van der Waals surface area contributed by atoms with Crippen molar-refractivity contribution in [1.29, 1.82) is 0 Å². The van der Waals surface area contributed by atoms with E-state index in [2.05, 4.69) is 19.1 Å². The van der Waals surface area contributed by atoms with E-state index in [0.717, 1.165) is 19.1 Å². The molecule has 1 aliphatic heterocycles. The summed E-state index contributed by atoms with van der Waals surface area (Å²) in [5.41, 5.74) is 0.512. The largest absolute Gasteiger partial charge is 0.381 e. The molecule has 2 rings (SSSR count). The molecule has 0 saturated carbocycles. The lowest BCUT2D eigenvalue weighted by Crippen LogP contribution is -2.39. The minimum absolute atomic E-state index is 0.512. The smallest absolute Gasteiger partial charge is 0.0537 e. The van der Waals surface area contributed by atoms with Gasteiger partial charge in [-0.25, -0.2) is 0 Å². The summed E-state index contributed by atoms with van der Waals surface area (Å²) in [6, 6.07) is 0. The van der Waals surface area contributed by atoms with Crippen molar-refractivity contribution in [3.63, 3.8) is 0 Å². The highest BCUT2D eigenvalue weighted by Crippen LogP contribution is 2.44. The second-order valence-corrected chi connectivity index (χ2v) is 3.30. The summed E-state index contributed by atoms with van der Waals surface area (Å²) >= 11 is 0. The fourth-order valence-electron chi connectivity index (χ4n) is 1.58. The van der Waals surface area contributed by atoms with E-state index in [9.17, 15) is 0 Å². The topological polar surface area (TPSA) is 9.23 Å². The van der Waals surface area contributed by atoms with Crippen LogP contribution in [-0.2, 0) is 4.74 Å². The molecule has 0 aromatic rings. The standard InChI is InChI=1S/C8H12O/c1-8-3-2-7(8)6-9-5-4-8/h2-3,7H,4-6H2,1H3/t7-,8?/m0/s1. The van der Waals surface area contributed by atoms with Crippen molar-refractivity contribution in [1.82, 2.24) is 0 Å². The summed E-state index contributed by atoms with van der Waals surface area (Å²) < 4.78 is 5.32. The van der Waals surface area contributed by atoms with Crippen molar-refractivity contribution < 1.29 is 4.74 Å². The number of fused-ring (bicyclic) bond motifs is 1. The Morgan fingerprint density at radius 1 is 1.67 bits per heavy atom. The van der Waals surface area contributed by atoms with Gasteiger partial charge in [0, 0.05) is 12.5 Å². The van der Waals surface area contributed by atoms with E-state index in [0.29, 0.717) is 5.41 Å². The molecular formula is C8H12O. The highest BCUT2D eigenvalue weighted by atomic mass is 16.5. The SMILES string of the molecule is CC12C=C[C@H]1COCC2. The second-order valence-electron chi connectivity index (χ2n) is 3.30. The van der Waals surface area contributed by atoms with Crippen LogP contribution < -0.4 is 0 Å². The molecule has 2 aliphatic rings. The van der Waals surface area contributed by atoms with Gasteiger partial charge in [-0.1, -0.05) is 19.1 Å². The van der Waals surface area contributed by atoms with Crippen LogP contribution in [0.5, 0.6) is 0 Å². The van der Waals surface area contributed by atoms with Crippen LogP contribution in [0.15, 0.2) is 12.2 Å². The predicted octanol–water partition coefficient (Wildman–Crippen LogP) is 1.60. The summed E-state index contributed by atoms with van der Waals surface area (Å²) in [6.45, 7) is 4.23. The average molecular weight is 124 g/mol. The molecule has 0 aromatic carbocycles. The lowest BCUT2D eigenvalue weighted by Gasteiger charge is -2.43. The molecular weight excluding hydrogens is 112 g/mol. The molecule has 1 aliphatic carbocycles. The first-order valence-corrected chi connectivity index (χ1v) is 3.58. The van der Waals surface area contributed by atoms with E-state index in [4.69, 9.17) is 4.74 Å². The van der Waals surface area contributed by atoms with Gasteiger partial charge in [0.05, 0.1) is 6.61 Å². The Kier molecular flexibility index (Phi) is 0.974. The third-order valence-corrected chi connectivity index (χ3v) is 2.64. The molecule has 0 bridgehead atoms. The molecule has 1 nitrogen and oxygen atoms in total. The first kappa shape index (κ1) is 5.48. The Hall–Kier alpha value is -0.300. The highest BCUT2D eigenvalue weighted by Gasteiger charge is 2.38. The van der Waals surface area contributed by atoms with E-state index in [1.54, 1.807) is 0 Å². The van der Waals surface area contributed by atoms with Crippen LogP contribution in [0, 0.1) is 11.3 Å². The number of allylic oxidation sites excluding steroid dienone is 1. The van der Waals surface area contributed by atoms with Gasteiger partial charge in [0.15, 0.2) is 0 Å². The Labute approximate surface area is 55.7 Å².